The number of anilines is 1. The van der Waals surface area contributed by atoms with Crippen LogP contribution in [-0.4, -0.2) is 27.0 Å². The average molecular weight is 299 g/mol. The molecule has 7 heteroatoms. The molecule has 0 fully saturated rings. The Labute approximate surface area is 123 Å². The number of aromatic carboxylic acids is 1. The minimum atomic E-state index is -1.15. The first kappa shape index (κ1) is 13.2. The first-order chi connectivity index (χ1) is 10.1. The quantitative estimate of drug-likeness (QED) is 0.775. The van der Waals surface area contributed by atoms with Crippen molar-refractivity contribution in [3.8, 4) is 0 Å². The van der Waals surface area contributed by atoms with Gasteiger partial charge in [0.25, 0.3) is 5.91 Å². The van der Waals surface area contributed by atoms with Gasteiger partial charge in [-0.05, 0) is 24.3 Å². The van der Waals surface area contributed by atoms with Crippen LogP contribution in [0.2, 0.25) is 0 Å². The molecule has 3 rings (SSSR count). The maximum absolute atomic E-state index is 12.0. The third kappa shape index (κ3) is 2.72. The SMILES string of the molecule is O=C(O)c1csc(C(=O)Nc2ccc3ncccc3c2)n1. The summed E-state index contributed by atoms with van der Waals surface area (Å²) in [5, 5.41) is 13.8. The van der Waals surface area contributed by atoms with Crippen molar-refractivity contribution in [3.63, 3.8) is 0 Å². The lowest BCUT2D eigenvalue weighted by Gasteiger charge is -2.04. The van der Waals surface area contributed by atoms with E-state index in [9.17, 15) is 9.59 Å². The van der Waals surface area contributed by atoms with Crippen LogP contribution in [0.25, 0.3) is 10.9 Å². The summed E-state index contributed by atoms with van der Waals surface area (Å²) in [5.41, 5.74) is 1.30. The lowest BCUT2D eigenvalue weighted by Crippen LogP contribution is -2.12. The van der Waals surface area contributed by atoms with Gasteiger partial charge in [-0.15, -0.1) is 11.3 Å². The summed E-state index contributed by atoms with van der Waals surface area (Å²) >= 11 is 0.993. The highest BCUT2D eigenvalue weighted by Crippen LogP contribution is 2.18. The van der Waals surface area contributed by atoms with E-state index in [1.165, 1.54) is 5.38 Å². The van der Waals surface area contributed by atoms with Crippen molar-refractivity contribution in [2.45, 2.75) is 0 Å². The van der Waals surface area contributed by atoms with Gasteiger partial charge in [-0.3, -0.25) is 9.78 Å². The summed E-state index contributed by atoms with van der Waals surface area (Å²) in [6, 6.07) is 9.04. The number of thiazole rings is 1. The lowest BCUT2D eigenvalue weighted by atomic mass is 10.2. The predicted octanol–water partition coefficient (Wildman–Crippen LogP) is 2.64. The molecular weight excluding hydrogens is 290 g/mol. The Balaban J connectivity index is 1.83. The van der Waals surface area contributed by atoms with Gasteiger partial charge in [-0.1, -0.05) is 6.07 Å². The standard InChI is InChI=1S/C14H9N3O3S/c18-12(13-17-11(7-21-13)14(19)20)16-9-3-4-10-8(6-9)2-1-5-15-10/h1-7H,(H,16,18)(H,19,20). The highest BCUT2D eigenvalue weighted by Gasteiger charge is 2.14. The summed E-state index contributed by atoms with van der Waals surface area (Å²) in [6.07, 6.45) is 1.70. The number of aromatic nitrogens is 2. The number of hydrogen-bond donors (Lipinski definition) is 2. The molecule has 1 aromatic carbocycles. The van der Waals surface area contributed by atoms with E-state index >= 15 is 0 Å². The van der Waals surface area contributed by atoms with Crippen molar-refractivity contribution in [3.05, 3.63) is 52.6 Å². The molecular formula is C14H9N3O3S. The van der Waals surface area contributed by atoms with Crippen LogP contribution < -0.4 is 5.32 Å². The zero-order valence-electron chi connectivity index (χ0n) is 10.6. The van der Waals surface area contributed by atoms with Crippen LogP contribution in [0.5, 0.6) is 0 Å². The van der Waals surface area contributed by atoms with Crippen LogP contribution in [0.15, 0.2) is 41.9 Å². The maximum Gasteiger partial charge on any atom is 0.355 e. The fourth-order valence-electron chi connectivity index (χ4n) is 1.81. The molecule has 0 aliphatic rings. The number of fused-ring (bicyclic) bond motifs is 1. The molecule has 0 radical (unpaired) electrons. The molecule has 21 heavy (non-hydrogen) atoms. The number of amides is 1. The van der Waals surface area contributed by atoms with Crippen LogP contribution in [0.1, 0.15) is 20.3 Å². The summed E-state index contributed by atoms with van der Waals surface area (Å²) in [7, 11) is 0. The summed E-state index contributed by atoms with van der Waals surface area (Å²) < 4.78 is 0. The number of carbonyl (C=O) groups excluding carboxylic acids is 1. The van der Waals surface area contributed by atoms with Crippen LogP contribution in [-0.2, 0) is 0 Å². The molecule has 3 aromatic rings. The van der Waals surface area contributed by atoms with Gasteiger partial charge in [0.2, 0.25) is 0 Å². The Morgan fingerprint density at radius 2 is 2.10 bits per heavy atom. The van der Waals surface area contributed by atoms with E-state index in [0.29, 0.717) is 5.69 Å². The molecule has 0 unspecified atom stereocenters. The number of carboxylic acid groups (broad SMARTS) is 1. The Bertz CT molecular complexity index is 844. The number of hydrogen-bond acceptors (Lipinski definition) is 5. The Hall–Kier alpha value is -2.80. The van der Waals surface area contributed by atoms with Crippen molar-refractivity contribution in [2.24, 2.45) is 0 Å². The van der Waals surface area contributed by atoms with Gasteiger partial charge >= 0.3 is 5.97 Å². The second-order valence-electron chi connectivity index (χ2n) is 4.21. The summed E-state index contributed by atoms with van der Waals surface area (Å²) in [5.74, 6) is -1.59. The van der Waals surface area contributed by atoms with Crippen molar-refractivity contribution in [1.29, 1.82) is 0 Å². The van der Waals surface area contributed by atoms with Crippen molar-refractivity contribution in [1.82, 2.24) is 9.97 Å². The molecule has 6 nitrogen and oxygen atoms in total. The lowest BCUT2D eigenvalue weighted by molar-refractivity contribution is 0.0691. The third-order valence-corrected chi connectivity index (χ3v) is 3.62. The normalized spacial score (nSPS) is 10.5. The second-order valence-corrected chi connectivity index (χ2v) is 5.07. The van der Waals surface area contributed by atoms with Crippen molar-refractivity contribution >= 4 is 39.8 Å². The molecule has 0 aliphatic carbocycles. The fraction of sp³-hybridized carbons (Fsp3) is 0. The smallest absolute Gasteiger partial charge is 0.355 e. The number of nitrogens with zero attached hydrogens (tertiary/aromatic N) is 2. The van der Waals surface area contributed by atoms with Gasteiger partial charge < -0.3 is 10.4 Å². The summed E-state index contributed by atoms with van der Waals surface area (Å²) in [4.78, 5) is 30.7. The van der Waals surface area contributed by atoms with Gasteiger partial charge in [0.05, 0.1) is 5.52 Å². The molecule has 2 aromatic heterocycles. The van der Waals surface area contributed by atoms with Gasteiger partial charge in [0.15, 0.2) is 10.7 Å². The van der Waals surface area contributed by atoms with E-state index in [0.717, 1.165) is 22.2 Å². The Morgan fingerprint density at radius 3 is 2.86 bits per heavy atom. The molecule has 0 aliphatic heterocycles. The van der Waals surface area contributed by atoms with E-state index in [1.807, 2.05) is 12.1 Å². The van der Waals surface area contributed by atoms with E-state index in [1.54, 1.807) is 24.4 Å². The maximum atomic E-state index is 12.0. The highest BCUT2D eigenvalue weighted by atomic mass is 32.1. The van der Waals surface area contributed by atoms with E-state index in [-0.39, 0.29) is 10.7 Å². The zero-order chi connectivity index (χ0) is 14.8. The number of carboxylic acids is 1. The van der Waals surface area contributed by atoms with Crippen molar-refractivity contribution < 1.29 is 14.7 Å². The second kappa shape index (κ2) is 5.29. The molecule has 0 atom stereocenters. The fourth-order valence-corrected chi connectivity index (χ4v) is 2.50. The third-order valence-electron chi connectivity index (χ3n) is 2.78. The molecule has 0 saturated carbocycles. The monoisotopic (exact) mass is 299 g/mol. The van der Waals surface area contributed by atoms with Crippen LogP contribution in [0, 0.1) is 0 Å². The number of pyridine rings is 1. The van der Waals surface area contributed by atoms with Crippen LogP contribution in [0.4, 0.5) is 5.69 Å². The first-order valence-electron chi connectivity index (χ1n) is 5.98. The number of benzene rings is 1. The zero-order valence-corrected chi connectivity index (χ0v) is 11.4. The van der Waals surface area contributed by atoms with E-state index in [2.05, 4.69) is 15.3 Å². The first-order valence-corrected chi connectivity index (χ1v) is 6.86. The predicted molar refractivity (Wildman–Crippen MR) is 78.8 cm³/mol. The largest absolute Gasteiger partial charge is 0.476 e. The van der Waals surface area contributed by atoms with Gasteiger partial charge in [0.1, 0.15) is 0 Å². The van der Waals surface area contributed by atoms with Gasteiger partial charge in [0, 0.05) is 22.7 Å². The molecule has 2 heterocycles. The molecule has 0 saturated heterocycles. The van der Waals surface area contributed by atoms with Crippen molar-refractivity contribution in [2.75, 3.05) is 5.32 Å². The molecule has 0 spiro atoms. The van der Waals surface area contributed by atoms with Gasteiger partial charge in [-0.25, -0.2) is 9.78 Å². The highest BCUT2D eigenvalue weighted by molar-refractivity contribution is 7.12. The number of rotatable bonds is 3. The van der Waals surface area contributed by atoms with Gasteiger partial charge in [-0.2, -0.15) is 0 Å². The van der Waals surface area contributed by atoms with E-state index in [4.69, 9.17) is 5.11 Å². The Morgan fingerprint density at radius 1 is 1.24 bits per heavy atom. The molecule has 2 N–H and O–H groups in total. The van der Waals surface area contributed by atoms with Crippen LogP contribution in [0.3, 0.4) is 0 Å². The minimum absolute atomic E-state index is 0.110. The van der Waals surface area contributed by atoms with Crippen LogP contribution >= 0.6 is 11.3 Å². The number of carbonyl (C=O) groups is 2. The average Bonchev–Trinajstić information content (AvgIpc) is 2.97. The molecule has 1 amide bonds. The topological polar surface area (TPSA) is 92.2 Å². The number of nitrogens with one attached hydrogen (secondary N) is 1. The molecule has 0 bridgehead atoms. The minimum Gasteiger partial charge on any atom is -0.476 e. The molecule has 104 valence electrons. The Kier molecular flexibility index (Phi) is 3.33. The van der Waals surface area contributed by atoms with E-state index < -0.39 is 11.9 Å². The summed E-state index contributed by atoms with van der Waals surface area (Å²) in [6.45, 7) is 0.